The Balaban J connectivity index is 2.51. The van der Waals surface area contributed by atoms with Crippen LogP contribution in [0.5, 0.6) is 11.5 Å². The number of nitrogens with one attached hydrogen (secondary N) is 2. The second-order valence-corrected chi connectivity index (χ2v) is 11.2. The summed E-state index contributed by atoms with van der Waals surface area (Å²) < 4.78 is 10.6. The first-order valence-corrected chi connectivity index (χ1v) is 13.9. The summed E-state index contributed by atoms with van der Waals surface area (Å²) in [6.07, 6.45) is 2.83. The molecule has 2 unspecified atom stereocenters. The molecule has 0 aliphatic carbocycles. The summed E-state index contributed by atoms with van der Waals surface area (Å²) in [7, 11) is 1.56. The van der Waals surface area contributed by atoms with Crippen LogP contribution in [0.25, 0.3) is 0 Å². The van der Waals surface area contributed by atoms with Crippen LogP contribution in [0.3, 0.4) is 0 Å². The largest absolute Gasteiger partial charge is 0.508 e. The van der Waals surface area contributed by atoms with Crippen LogP contribution in [0.2, 0.25) is 0 Å². The topological polar surface area (TPSA) is 117 Å². The van der Waals surface area contributed by atoms with Crippen molar-refractivity contribution in [2.75, 3.05) is 19.0 Å². The highest BCUT2D eigenvalue weighted by Gasteiger charge is 2.37. The number of alkyl carbamates (subject to hydrolysis) is 1. The third-order valence-electron chi connectivity index (χ3n) is 6.24. The maximum absolute atomic E-state index is 14.2. The van der Waals surface area contributed by atoms with Crippen LogP contribution in [0.15, 0.2) is 48.5 Å². The molecule has 0 saturated carbocycles. The lowest BCUT2D eigenvalue weighted by Crippen LogP contribution is -2.54. The summed E-state index contributed by atoms with van der Waals surface area (Å²) in [5, 5.41) is 15.9. The number of hydrogen-bond acceptors (Lipinski definition) is 6. The average Bonchev–Trinajstić information content (AvgIpc) is 2.88. The van der Waals surface area contributed by atoms with Gasteiger partial charge in [-0.15, -0.1) is 0 Å². The number of rotatable bonds is 13. The van der Waals surface area contributed by atoms with E-state index in [9.17, 15) is 19.5 Å². The van der Waals surface area contributed by atoms with Crippen molar-refractivity contribution in [3.63, 3.8) is 0 Å². The number of amides is 3. The number of hydrogen-bond donors (Lipinski definition) is 3. The molecule has 0 aliphatic rings. The molecule has 9 heteroatoms. The number of carbonyl (C=O) groups is 3. The second-order valence-electron chi connectivity index (χ2n) is 11.2. The molecule has 40 heavy (non-hydrogen) atoms. The quantitative estimate of drug-likeness (QED) is 0.260. The van der Waals surface area contributed by atoms with E-state index in [0.717, 1.165) is 19.3 Å². The van der Waals surface area contributed by atoms with Gasteiger partial charge in [-0.2, -0.15) is 0 Å². The molecule has 220 valence electrons. The van der Waals surface area contributed by atoms with Gasteiger partial charge in [0.2, 0.25) is 5.91 Å². The smallest absolute Gasteiger partial charge is 0.408 e. The van der Waals surface area contributed by atoms with E-state index in [1.165, 1.54) is 17.0 Å². The molecule has 2 aromatic rings. The predicted octanol–water partition coefficient (Wildman–Crippen LogP) is 6.04. The molecule has 2 atom stereocenters. The second kappa shape index (κ2) is 15.1. The van der Waals surface area contributed by atoms with Crippen molar-refractivity contribution in [3.05, 3.63) is 54.1 Å². The number of ether oxygens (including phenoxy) is 2. The minimum absolute atomic E-state index is 0.0228. The Morgan fingerprint density at radius 1 is 1.00 bits per heavy atom. The van der Waals surface area contributed by atoms with Crippen molar-refractivity contribution in [2.24, 2.45) is 5.92 Å². The van der Waals surface area contributed by atoms with Crippen LogP contribution < -0.4 is 15.4 Å². The molecule has 9 nitrogen and oxygen atoms in total. The predicted molar refractivity (Wildman–Crippen MR) is 156 cm³/mol. The van der Waals surface area contributed by atoms with Crippen molar-refractivity contribution < 1.29 is 29.0 Å². The molecule has 0 aromatic heterocycles. The lowest BCUT2D eigenvalue weighted by Gasteiger charge is -2.35. The minimum atomic E-state index is -1.06. The van der Waals surface area contributed by atoms with Gasteiger partial charge in [0.05, 0.1) is 7.11 Å². The lowest BCUT2D eigenvalue weighted by molar-refractivity contribution is -0.141. The van der Waals surface area contributed by atoms with Gasteiger partial charge in [0.25, 0.3) is 5.91 Å². The van der Waals surface area contributed by atoms with Gasteiger partial charge in [0.1, 0.15) is 29.2 Å². The fourth-order valence-corrected chi connectivity index (χ4v) is 4.25. The summed E-state index contributed by atoms with van der Waals surface area (Å²) in [6, 6.07) is 11.2. The van der Waals surface area contributed by atoms with Crippen LogP contribution in [-0.2, 0) is 14.3 Å². The molecule has 2 rings (SSSR count). The molecule has 0 bridgehead atoms. The maximum atomic E-state index is 14.2. The summed E-state index contributed by atoms with van der Waals surface area (Å²) in [5.41, 5.74) is 0.243. The van der Waals surface area contributed by atoms with Crippen molar-refractivity contribution in [1.82, 2.24) is 10.2 Å². The van der Waals surface area contributed by atoms with Gasteiger partial charge in [-0.05, 0) is 75.1 Å². The van der Waals surface area contributed by atoms with E-state index >= 15 is 0 Å². The van der Waals surface area contributed by atoms with Gasteiger partial charge in [-0.1, -0.05) is 52.2 Å². The molecule has 0 spiro atoms. The summed E-state index contributed by atoms with van der Waals surface area (Å²) in [4.78, 5) is 42.3. The highest BCUT2D eigenvalue weighted by Crippen LogP contribution is 2.28. The Hall–Kier alpha value is -3.75. The number of benzene rings is 2. The van der Waals surface area contributed by atoms with Crippen molar-refractivity contribution in [2.45, 2.75) is 84.9 Å². The van der Waals surface area contributed by atoms with E-state index < -0.39 is 35.6 Å². The molecule has 3 amide bonds. The van der Waals surface area contributed by atoms with Gasteiger partial charge in [-0.3, -0.25) is 9.59 Å². The first-order chi connectivity index (χ1) is 18.9. The summed E-state index contributed by atoms with van der Waals surface area (Å²) in [6.45, 7) is 11.3. The number of phenolic OH excluding ortho intramolecular Hbond substituents is 1. The van der Waals surface area contributed by atoms with Gasteiger partial charge >= 0.3 is 6.09 Å². The van der Waals surface area contributed by atoms with Crippen LogP contribution in [0.4, 0.5) is 10.5 Å². The third kappa shape index (κ3) is 10.1. The van der Waals surface area contributed by atoms with Crippen LogP contribution in [0.1, 0.15) is 78.8 Å². The first kappa shape index (κ1) is 32.5. The zero-order valence-electron chi connectivity index (χ0n) is 24.8. The highest BCUT2D eigenvalue weighted by atomic mass is 16.6. The summed E-state index contributed by atoms with van der Waals surface area (Å²) >= 11 is 0. The first-order valence-electron chi connectivity index (χ1n) is 13.9. The van der Waals surface area contributed by atoms with Crippen LogP contribution in [0, 0.1) is 5.92 Å². The van der Waals surface area contributed by atoms with E-state index in [1.807, 2.05) is 13.8 Å². The zero-order chi connectivity index (χ0) is 29.9. The number of unbranched alkanes of at least 4 members (excludes halogenated alkanes) is 3. The van der Waals surface area contributed by atoms with Gasteiger partial charge in [0.15, 0.2) is 0 Å². The van der Waals surface area contributed by atoms with Gasteiger partial charge < -0.3 is 30.1 Å². The number of aromatic hydroxyl groups is 1. The minimum Gasteiger partial charge on any atom is -0.508 e. The third-order valence-corrected chi connectivity index (χ3v) is 6.24. The Kier molecular flexibility index (Phi) is 12.3. The van der Waals surface area contributed by atoms with Gasteiger partial charge in [-0.25, -0.2) is 4.79 Å². The number of carbonyl (C=O) groups excluding carboxylic acids is 3. The van der Waals surface area contributed by atoms with Crippen LogP contribution in [-0.4, -0.2) is 53.2 Å². The number of nitrogens with zero attached hydrogens (tertiary/aromatic N) is 1. The Bertz CT molecular complexity index is 1110. The monoisotopic (exact) mass is 555 g/mol. The normalized spacial score (nSPS) is 12.8. The Morgan fingerprint density at radius 2 is 1.68 bits per heavy atom. The van der Waals surface area contributed by atoms with Crippen LogP contribution >= 0.6 is 0 Å². The molecule has 0 heterocycles. The molecule has 0 radical (unpaired) electrons. The lowest BCUT2D eigenvalue weighted by atomic mass is 9.98. The molecular formula is C31H45N3O6. The average molecular weight is 556 g/mol. The molecular weight excluding hydrogens is 510 g/mol. The molecule has 0 saturated heterocycles. The number of methoxy groups -OCH3 is 1. The van der Waals surface area contributed by atoms with Crippen molar-refractivity contribution >= 4 is 23.6 Å². The van der Waals surface area contributed by atoms with E-state index in [0.29, 0.717) is 23.4 Å². The molecule has 0 aliphatic heterocycles. The molecule has 3 N–H and O–H groups in total. The molecule has 2 aromatic carbocycles. The van der Waals surface area contributed by atoms with E-state index in [-0.39, 0.29) is 18.2 Å². The van der Waals surface area contributed by atoms with Crippen molar-refractivity contribution in [1.29, 1.82) is 0 Å². The standard InChI is InChI=1S/C31H45N3O6/c1-8-9-10-11-19-34(29(37)26(21(2)3)33-30(38)40-31(4,5)6)27(22-13-12-14-24(35)20-22)28(36)32-23-15-17-25(39-7)18-16-23/h12-18,20-21,26-27,35H,8-11,19H2,1-7H3,(H,32,36)(H,33,38). The summed E-state index contributed by atoms with van der Waals surface area (Å²) in [5.74, 6) is -0.517. The zero-order valence-corrected chi connectivity index (χ0v) is 24.8. The Labute approximate surface area is 238 Å². The van der Waals surface area contributed by atoms with E-state index in [4.69, 9.17) is 9.47 Å². The highest BCUT2D eigenvalue weighted by molar-refractivity contribution is 5.99. The number of phenols is 1. The SMILES string of the molecule is CCCCCCN(C(=O)C(NC(=O)OC(C)(C)C)C(C)C)C(C(=O)Nc1ccc(OC)cc1)c1cccc(O)c1. The Morgan fingerprint density at radius 3 is 2.23 bits per heavy atom. The van der Waals surface area contributed by atoms with E-state index in [2.05, 4.69) is 17.6 Å². The molecule has 0 fully saturated rings. The fourth-order valence-electron chi connectivity index (χ4n) is 4.25. The fraction of sp³-hybridized carbons (Fsp3) is 0.516. The van der Waals surface area contributed by atoms with Gasteiger partial charge in [0, 0.05) is 12.2 Å². The number of anilines is 1. The maximum Gasteiger partial charge on any atom is 0.408 e. The van der Waals surface area contributed by atoms with E-state index in [1.54, 1.807) is 64.3 Å². The van der Waals surface area contributed by atoms with Crippen molar-refractivity contribution in [3.8, 4) is 11.5 Å².